The number of piperazine rings is 1. The second-order valence-electron chi connectivity index (χ2n) is 9.39. The van der Waals surface area contributed by atoms with E-state index < -0.39 is 10.0 Å². The average Bonchev–Trinajstić information content (AvgIpc) is 3.41. The molecule has 1 aromatic heterocycles. The smallest absolute Gasteiger partial charge is 0.251 e. The summed E-state index contributed by atoms with van der Waals surface area (Å²) in [5.74, 6) is 0.577. The molecule has 0 saturated carbocycles. The number of ether oxygens (including phenoxy) is 1. The number of hydrogen-bond donors (Lipinski definition) is 1. The van der Waals surface area contributed by atoms with E-state index in [4.69, 9.17) is 20.2 Å². The summed E-state index contributed by atoms with van der Waals surface area (Å²) in [7, 11) is -3.88. The predicted molar refractivity (Wildman–Crippen MR) is 157 cm³/mol. The predicted octanol–water partition coefficient (Wildman–Crippen LogP) is 3.07. The van der Waals surface area contributed by atoms with Crippen LogP contribution >= 0.6 is 11.3 Å². The first kappa shape index (κ1) is 30.2. The van der Waals surface area contributed by atoms with Gasteiger partial charge in [-0.1, -0.05) is 11.3 Å². The molecule has 1 fully saturated rings. The minimum absolute atomic E-state index is 0.00687. The van der Waals surface area contributed by atoms with Crippen LogP contribution in [0.2, 0.25) is 0 Å². The van der Waals surface area contributed by atoms with Crippen molar-refractivity contribution in [1.82, 2.24) is 19.5 Å². The summed E-state index contributed by atoms with van der Waals surface area (Å²) in [6.07, 6.45) is 0.0514. The molecule has 0 spiro atoms. The molecule has 2 aromatic carbocycles. The second-order valence-corrected chi connectivity index (χ2v) is 12.3. The van der Waals surface area contributed by atoms with Gasteiger partial charge in [-0.15, -0.1) is 0 Å². The molecule has 2 heterocycles. The first-order chi connectivity index (χ1) is 19.8. The Kier molecular flexibility index (Phi) is 10.5. The van der Waals surface area contributed by atoms with Crippen molar-refractivity contribution in [1.29, 1.82) is 10.5 Å². The van der Waals surface area contributed by atoms with Gasteiger partial charge in [0.25, 0.3) is 5.91 Å². The molecule has 0 atom stereocenters. The molecule has 216 valence electrons. The topological polar surface area (TPSA) is 143 Å². The summed E-state index contributed by atoms with van der Waals surface area (Å²) >= 11 is 1.67. The maximum Gasteiger partial charge on any atom is 0.251 e. The zero-order valence-corrected chi connectivity index (χ0v) is 24.6. The molecule has 4 rings (SSSR count). The van der Waals surface area contributed by atoms with Crippen molar-refractivity contribution < 1.29 is 17.9 Å². The van der Waals surface area contributed by atoms with Gasteiger partial charge in [-0.05, 0) is 49.4 Å². The lowest BCUT2D eigenvalue weighted by molar-refractivity contribution is 0.0947. The Hall–Kier alpha value is -3.75. The fraction of sp³-hybridized carbons (Fsp3) is 0.429. The van der Waals surface area contributed by atoms with Crippen LogP contribution in [0.1, 0.15) is 30.1 Å². The number of nitrogens with one attached hydrogen (secondary N) is 1. The van der Waals surface area contributed by atoms with Crippen molar-refractivity contribution in [2.75, 3.05) is 63.9 Å². The van der Waals surface area contributed by atoms with Crippen LogP contribution in [-0.2, 0) is 10.0 Å². The van der Waals surface area contributed by atoms with Crippen LogP contribution in [0.3, 0.4) is 0 Å². The number of fused-ring (bicyclic) bond motifs is 1. The number of amides is 1. The number of sulfonamides is 1. The first-order valence-corrected chi connectivity index (χ1v) is 15.7. The number of carbonyl (C=O) groups excluding carboxylic acids is 1. The molecule has 13 heteroatoms. The largest absolute Gasteiger partial charge is 0.494 e. The van der Waals surface area contributed by atoms with E-state index in [2.05, 4.69) is 15.1 Å². The molecule has 0 unspecified atom stereocenters. The Labute approximate surface area is 244 Å². The highest BCUT2D eigenvalue weighted by Crippen LogP contribution is 2.32. The van der Waals surface area contributed by atoms with Gasteiger partial charge in [0.1, 0.15) is 5.75 Å². The number of hydrogen-bond acceptors (Lipinski definition) is 10. The Morgan fingerprint density at radius 2 is 1.76 bits per heavy atom. The molecule has 3 aromatic rings. The monoisotopic (exact) mass is 595 g/mol. The lowest BCUT2D eigenvalue weighted by Crippen LogP contribution is -2.48. The third-order valence-corrected chi connectivity index (χ3v) is 9.71. The van der Waals surface area contributed by atoms with Gasteiger partial charge in [-0.25, -0.2) is 13.4 Å². The van der Waals surface area contributed by atoms with Crippen molar-refractivity contribution in [2.24, 2.45) is 0 Å². The lowest BCUT2D eigenvalue weighted by atomic mass is 10.2. The maximum atomic E-state index is 13.0. The number of benzene rings is 2. The summed E-state index contributed by atoms with van der Waals surface area (Å²) in [6, 6.07) is 15.6. The van der Waals surface area contributed by atoms with Gasteiger partial charge in [0.05, 0.1) is 33.9 Å². The zero-order valence-electron chi connectivity index (χ0n) is 23.0. The first-order valence-electron chi connectivity index (χ1n) is 13.5. The number of aromatic nitrogens is 1. The highest BCUT2D eigenvalue weighted by atomic mass is 32.2. The van der Waals surface area contributed by atoms with Crippen LogP contribution < -0.4 is 15.0 Å². The summed E-state index contributed by atoms with van der Waals surface area (Å²) in [6.45, 7) is 7.20. The SMILES string of the molecule is CCOc1ccc2nc(N3CCN(CCNC(=O)c4ccc(S(=O)(=O)N(CCC#N)CCC#N)cc4)CC3)sc2c1. The van der Waals surface area contributed by atoms with Crippen LogP contribution in [0.4, 0.5) is 5.13 Å². The van der Waals surface area contributed by atoms with Crippen LogP contribution in [0.15, 0.2) is 47.4 Å². The molecular weight excluding hydrogens is 562 g/mol. The van der Waals surface area contributed by atoms with E-state index in [1.54, 1.807) is 11.3 Å². The van der Waals surface area contributed by atoms with E-state index >= 15 is 0 Å². The molecule has 0 bridgehead atoms. The highest BCUT2D eigenvalue weighted by Gasteiger charge is 2.24. The fourth-order valence-electron chi connectivity index (χ4n) is 4.51. The Morgan fingerprint density at radius 3 is 2.39 bits per heavy atom. The van der Waals surface area contributed by atoms with Gasteiger partial charge in [0, 0.05) is 70.8 Å². The highest BCUT2D eigenvalue weighted by molar-refractivity contribution is 7.89. The molecule has 1 amide bonds. The van der Waals surface area contributed by atoms with E-state index in [9.17, 15) is 13.2 Å². The van der Waals surface area contributed by atoms with E-state index in [1.807, 2.05) is 37.3 Å². The second kappa shape index (κ2) is 14.2. The zero-order chi connectivity index (χ0) is 29.2. The molecule has 11 nitrogen and oxygen atoms in total. The van der Waals surface area contributed by atoms with Gasteiger partial charge in [0.2, 0.25) is 10.0 Å². The Balaban J connectivity index is 1.24. The van der Waals surface area contributed by atoms with Gasteiger partial charge >= 0.3 is 0 Å². The van der Waals surface area contributed by atoms with Crippen LogP contribution in [-0.4, -0.2) is 87.5 Å². The fourth-order valence-corrected chi connectivity index (χ4v) is 6.99. The van der Waals surface area contributed by atoms with E-state index in [0.717, 1.165) is 51.6 Å². The third-order valence-electron chi connectivity index (χ3n) is 6.72. The summed E-state index contributed by atoms with van der Waals surface area (Å²) in [5.41, 5.74) is 1.33. The van der Waals surface area contributed by atoms with E-state index in [0.29, 0.717) is 25.3 Å². The molecule has 0 radical (unpaired) electrons. The van der Waals surface area contributed by atoms with Crippen molar-refractivity contribution in [3.05, 3.63) is 48.0 Å². The number of nitriles is 2. The van der Waals surface area contributed by atoms with Crippen LogP contribution in [0.5, 0.6) is 5.75 Å². The average molecular weight is 596 g/mol. The number of rotatable bonds is 13. The number of nitrogens with zero attached hydrogens (tertiary/aromatic N) is 6. The number of anilines is 1. The van der Waals surface area contributed by atoms with Gasteiger partial charge in [-0.3, -0.25) is 9.69 Å². The maximum absolute atomic E-state index is 13.0. The summed E-state index contributed by atoms with van der Waals surface area (Å²) < 4.78 is 33.8. The Bertz CT molecular complexity index is 1500. The lowest BCUT2D eigenvalue weighted by Gasteiger charge is -2.34. The summed E-state index contributed by atoms with van der Waals surface area (Å²) in [5, 5.41) is 21.6. The molecule has 0 aliphatic carbocycles. The standard InChI is InChI=1S/C28H33N7O4S2/c1-2-39-23-7-10-25-26(21-23)40-28(32-25)34-19-17-33(18-20-34)16-13-31-27(36)22-5-8-24(9-6-22)41(37,38)35(14-3-11-29)15-4-12-30/h5-10,21H,2-4,13-20H2,1H3,(H,31,36). The van der Waals surface area contributed by atoms with Crippen molar-refractivity contribution in [3.8, 4) is 17.9 Å². The minimum Gasteiger partial charge on any atom is -0.494 e. The molecule has 1 N–H and O–H groups in total. The number of carbonyl (C=O) groups is 1. The van der Waals surface area contributed by atoms with Crippen LogP contribution in [0, 0.1) is 22.7 Å². The molecule has 1 aliphatic rings. The van der Waals surface area contributed by atoms with Crippen molar-refractivity contribution >= 4 is 42.6 Å². The summed E-state index contributed by atoms with van der Waals surface area (Å²) in [4.78, 5) is 22.1. The number of thiazole rings is 1. The quantitative estimate of drug-likeness (QED) is 0.315. The van der Waals surface area contributed by atoms with Crippen molar-refractivity contribution in [2.45, 2.75) is 24.7 Å². The molecule has 1 saturated heterocycles. The third kappa shape index (κ3) is 7.71. The van der Waals surface area contributed by atoms with Crippen LogP contribution in [0.25, 0.3) is 10.2 Å². The van der Waals surface area contributed by atoms with E-state index in [1.165, 1.54) is 24.3 Å². The molecule has 41 heavy (non-hydrogen) atoms. The normalized spacial score (nSPS) is 14.1. The minimum atomic E-state index is -3.88. The van der Waals surface area contributed by atoms with E-state index in [-0.39, 0.29) is 36.7 Å². The molecular formula is C28H33N7O4S2. The molecule has 1 aliphatic heterocycles. The van der Waals surface area contributed by atoms with Gasteiger partial charge < -0.3 is 15.0 Å². The van der Waals surface area contributed by atoms with Crippen molar-refractivity contribution in [3.63, 3.8) is 0 Å². The van der Waals surface area contributed by atoms with Gasteiger partial charge in [0.15, 0.2) is 5.13 Å². The Morgan fingerprint density at radius 1 is 1.07 bits per heavy atom. The van der Waals surface area contributed by atoms with Gasteiger partial charge in [-0.2, -0.15) is 14.8 Å².